The van der Waals surface area contributed by atoms with Gasteiger partial charge in [-0.3, -0.25) is 0 Å². The van der Waals surface area contributed by atoms with E-state index in [4.69, 9.17) is 9.98 Å². The second-order valence-corrected chi connectivity index (χ2v) is 22.5. The van der Waals surface area contributed by atoms with Crippen LogP contribution in [0.3, 0.4) is 0 Å². The van der Waals surface area contributed by atoms with E-state index in [0.717, 1.165) is 61.8 Å². The van der Waals surface area contributed by atoms with Crippen molar-refractivity contribution in [1.29, 1.82) is 0 Å². The number of anilines is 4. The average Bonchev–Trinajstić information content (AvgIpc) is 3.72. The summed E-state index contributed by atoms with van der Waals surface area (Å²) < 4.78 is 2.32. The predicted molar refractivity (Wildman–Crippen MR) is 288 cm³/mol. The number of fused-ring (bicyclic) bond motifs is 5. The van der Waals surface area contributed by atoms with E-state index in [0.29, 0.717) is 17.8 Å². The molecule has 2 aliphatic rings. The smallest absolute Gasteiger partial charge is 0.358 e. The van der Waals surface area contributed by atoms with Gasteiger partial charge in [-0.25, -0.2) is 4.98 Å². The van der Waals surface area contributed by atoms with Gasteiger partial charge in [-0.1, -0.05) is 164 Å². The molecule has 0 bridgehead atoms. The summed E-state index contributed by atoms with van der Waals surface area (Å²) >= 11 is 0. The van der Waals surface area contributed by atoms with Crippen LogP contribution in [-0.4, -0.2) is 26.5 Å². The van der Waals surface area contributed by atoms with Gasteiger partial charge in [0.1, 0.15) is 5.82 Å². The van der Waals surface area contributed by atoms with Crippen molar-refractivity contribution < 1.29 is 21.1 Å². The van der Waals surface area contributed by atoms with Crippen LogP contribution >= 0.6 is 0 Å². The Morgan fingerprint density at radius 2 is 1.29 bits per heavy atom. The number of pyridine rings is 1. The molecule has 0 saturated carbocycles. The fourth-order valence-electron chi connectivity index (χ4n) is 12.3. The van der Waals surface area contributed by atoms with Crippen LogP contribution in [0.2, 0.25) is 0 Å². The van der Waals surface area contributed by atoms with Crippen LogP contribution < -0.4 is 9.80 Å². The van der Waals surface area contributed by atoms with Crippen LogP contribution in [0, 0.1) is 43.7 Å². The largest absolute Gasteiger partial charge is 2.00 e. The van der Waals surface area contributed by atoms with Crippen molar-refractivity contribution in [3.8, 4) is 16.9 Å². The van der Waals surface area contributed by atoms with Crippen LogP contribution in [0.25, 0.3) is 38.8 Å². The van der Waals surface area contributed by atoms with Crippen molar-refractivity contribution in [3.05, 3.63) is 179 Å². The number of nitrogens with zero attached hydrogens (tertiary/aromatic N) is 5. The first-order chi connectivity index (χ1) is 32.2. The maximum atomic E-state index is 6.07. The molecule has 0 radical (unpaired) electrons. The second kappa shape index (κ2) is 17.3. The van der Waals surface area contributed by atoms with Gasteiger partial charge < -0.3 is 19.4 Å². The Labute approximate surface area is 426 Å². The zero-order valence-corrected chi connectivity index (χ0v) is 45.3. The third-order valence-electron chi connectivity index (χ3n) is 15.8. The third kappa shape index (κ3) is 7.61. The summed E-state index contributed by atoms with van der Waals surface area (Å²) in [7, 11) is 0. The zero-order chi connectivity index (χ0) is 48.2. The molecule has 0 saturated heterocycles. The van der Waals surface area contributed by atoms with Gasteiger partial charge in [0.15, 0.2) is 0 Å². The Morgan fingerprint density at radius 1 is 0.638 bits per heavy atom. The van der Waals surface area contributed by atoms with Crippen molar-refractivity contribution in [2.24, 2.45) is 22.7 Å². The fourth-order valence-corrected chi connectivity index (χ4v) is 12.3. The molecule has 0 N–H and O–H groups in total. The van der Waals surface area contributed by atoms with Gasteiger partial charge in [-0.2, -0.15) is 6.07 Å². The summed E-state index contributed by atoms with van der Waals surface area (Å²) in [5, 5.41) is 2.34. The number of amidine groups is 1. The van der Waals surface area contributed by atoms with E-state index in [2.05, 4.69) is 251 Å². The molecule has 2 aromatic heterocycles. The number of hydrogen-bond acceptors (Lipinski definition) is 4. The summed E-state index contributed by atoms with van der Waals surface area (Å²) in [6.45, 7) is 32.8. The van der Waals surface area contributed by atoms with Gasteiger partial charge in [0.2, 0.25) is 0 Å². The van der Waals surface area contributed by atoms with Crippen LogP contribution in [0.5, 0.6) is 0 Å². The van der Waals surface area contributed by atoms with Gasteiger partial charge in [-0.15, -0.1) is 40.8 Å². The minimum absolute atomic E-state index is 0. The topological polar surface area (TPSA) is 36.7 Å². The molecule has 0 aliphatic carbocycles. The number of aliphatic imine (C=N–C) groups is 1. The summed E-state index contributed by atoms with van der Waals surface area (Å²) in [5.41, 5.74) is 14.6. The van der Waals surface area contributed by atoms with E-state index in [1.807, 2.05) is 6.20 Å². The molecule has 2 aliphatic heterocycles. The standard InChI is InChI=1S/C63H67N5.Pt/c1-39(2)57(40(3)4)63(14)62(12,13)68(58-41(5)23-22-24-42(58)6)59(65-63)45-33-44(43-25-16-15-17-26-43)34-47(35-45)66-53-30-21-19-28-50(53)61(10,11)51-37-49-48-27-18-20-29-52(48)67(54(49)38-55(51)66)56-36-46(31-32-64-56)60(7,8)9;/h15-34,36-37,39-40,57H,1-14H3;/q-2;+2/t63-;/m1./s1. The monoisotopic (exact) mass is 1090 g/mol. The molecule has 0 unspecified atom stereocenters. The Morgan fingerprint density at radius 3 is 1.97 bits per heavy atom. The summed E-state index contributed by atoms with van der Waals surface area (Å²) in [4.78, 5) is 16.1. The van der Waals surface area contributed by atoms with Gasteiger partial charge in [0, 0.05) is 23.1 Å². The summed E-state index contributed by atoms with van der Waals surface area (Å²) in [5.74, 6) is 2.98. The van der Waals surface area contributed by atoms with E-state index in [1.165, 1.54) is 38.9 Å². The molecule has 4 heterocycles. The van der Waals surface area contributed by atoms with Crippen molar-refractivity contribution >= 4 is 50.4 Å². The number of aryl methyl sites for hydroxylation is 2. The predicted octanol–water partition coefficient (Wildman–Crippen LogP) is 16.2. The Kier molecular flexibility index (Phi) is 12.1. The van der Waals surface area contributed by atoms with Crippen LogP contribution in [0.1, 0.15) is 116 Å². The zero-order valence-electron chi connectivity index (χ0n) is 43.0. The van der Waals surface area contributed by atoms with Gasteiger partial charge >= 0.3 is 21.1 Å². The van der Waals surface area contributed by atoms with Gasteiger partial charge in [0.25, 0.3) is 0 Å². The van der Waals surface area contributed by atoms with E-state index < -0.39 is 11.1 Å². The number of para-hydroxylation sites is 3. The molecule has 6 aromatic carbocycles. The molecular formula is C63H67N5Pt. The Hall–Kier alpha value is -5.77. The van der Waals surface area contributed by atoms with Crippen LogP contribution in [-0.2, 0) is 31.9 Å². The molecule has 0 amide bonds. The summed E-state index contributed by atoms with van der Waals surface area (Å²) in [6.07, 6.45) is 1.95. The maximum absolute atomic E-state index is 6.07. The van der Waals surface area contributed by atoms with Crippen molar-refractivity contribution in [2.75, 3.05) is 9.80 Å². The first-order valence-corrected chi connectivity index (χ1v) is 24.7. The molecule has 0 spiro atoms. The van der Waals surface area contributed by atoms with Crippen molar-refractivity contribution in [3.63, 3.8) is 0 Å². The van der Waals surface area contributed by atoms with Crippen molar-refractivity contribution in [1.82, 2.24) is 9.55 Å². The molecule has 69 heavy (non-hydrogen) atoms. The summed E-state index contributed by atoms with van der Waals surface area (Å²) in [6, 6.07) is 55.0. The number of aromatic nitrogens is 2. The molecule has 5 nitrogen and oxygen atoms in total. The molecule has 8 aromatic rings. The Bertz CT molecular complexity index is 3260. The number of hydrogen-bond donors (Lipinski definition) is 0. The van der Waals surface area contributed by atoms with Gasteiger partial charge in [0.05, 0.1) is 16.9 Å². The average molecular weight is 1090 g/mol. The molecule has 0 fully saturated rings. The SMILES string of the molecule is Cc1cccc(C)c1N1C(c2[c-]c(N3c4[c-]c5c(cc4C(C)(C)c4ccccc43)c3ccccc3n5-c3cc(C(C)(C)C)ccn3)cc(-c3ccccc3)c2)=N[C@](C)(C(C(C)C)C(C)C)C1(C)C.[Pt+2]. The maximum Gasteiger partial charge on any atom is 2.00 e. The molecule has 6 heteroatoms. The van der Waals surface area contributed by atoms with Gasteiger partial charge in [-0.05, 0) is 126 Å². The first-order valence-electron chi connectivity index (χ1n) is 24.7. The fraction of sp³-hybridized carbons (Fsp3) is 0.333. The third-order valence-corrected chi connectivity index (χ3v) is 15.8. The molecule has 354 valence electrons. The first kappa shape index (κ1) is 48.3. The second-order valence-electron chi connectivity index (χ2n) is 22.5. The molecule has 10 rings (SSSR count). The molecular weight excluding hydrogens is 1020 g/mol. The van der Waals surface area contributed by atoms with Crippen molar-refractivity contribution in [2.45, 2.75) is 119 Å². The minimum atomic E-state index is -0.435. The molecule has 1 atom stereocenters. The van der Waals surface area contributed by atoms with Crippen LogP contribution in [0.15, 0.2) is 139 Å². The minimum Gasteiger partial charge on any atom is -0.358 e. The van der Waals surface area contributed by atoms with E-state index in [-0.39, 0.29) is 31.9 Å². The quantitative estimate of drug-likeness (QED) is 0.142. The van der Waals surface area contributed by atoms with Crippen LogP contribution in [0.4, 0.5) is 22.7 Å². The van der Waals surface area contributed by atoms with E-state index >= 15 is 0 Å². The normalized spacial score (nSPS) is 17.4. The number of rotatable bonds is 8. The van der Waals surface area contributed by atoms with E-state index in [1.54, 1.807) is 0 Å². The Balaban J connectivity index is 0.00000593. The number of benzene rings is 6. The van der Waals surface area contributed by atoms with E-state index in [9.17, 15) is 0 Å².